The first-order valence-electron chi connectivity index (χ1n) is 8.23. The zero-order valence-electron chi connectivity index (χ0n) is 14.0. The van der Waals surface area contributed by atoms with Crippen LogP contribution in [-0.2, 0) is 9.59 Å². The number of nitrogens with zero attached hydrogens (tertiary/aromatic N) is 2. The molecule has 1 atom stereocenters. The van der Waals surface area contributed by atoms with E-state index in [0.29, 0.717) is 39.9 Å². The lowest BCUT2D eigenvalue weighted by atomic mass is 10.1. The first kappa shape index (κ1) is 16.6. The number of carbonyl (C=O) groups excluding carboxylic acids is 2. The van der Waals surface area contributed by atoms with Crippen molar-refractivity contribution in [2.75, 3.05) is 16.8 Å². The van der Waals surface area contributed by atoms with E-state index in [4.69, 9.17) is 16.0 Å². The minimum Gasteiger partial charge on any atom is -0.441 e. The van der Waals surface area contributed by atoms with Gasteiger partial charge in [0.2, 0.25) is 11.8 Å². The normalized spacial score (nSPS) is 17.1. The minimum atomic E-state index is -0.420. The van der Waals surface area contributed by atoms with Gasteiger partial charge in [-0.1, -0.05) is 17.7 Å². The van der Waals surface area contributed by atoms with Crippen molar-refractivity contribution in [3.05, 3.63) is 53.4 Å². The van der Waals surface area contributed by atoms with E-state index in [9.17, 15) is 9.59 Å². The molecule has 1 saturated heterocycles. The molecule has 1 aliphatic rings. The summed E-state index contributed by atoms with van der Waals surface area (Å²) in [6, 6.07) is 12.3. The Morgan fingerprint density at radius 1 is 1.31 bits per heavy atom. The lowest BCUT2D eigenvalue weighted by molar-refractivity contribution is -0.122. The van der Waals surface area contributed by atoms with Crippen LogP contribution in [0.2, 0.25) is 5.02 Å². The van der Waals surface area contributed by atoms with Crippen LogP contribution >= 0.6 is 11.6 Å². The van der Waals surface area contributed by atoms with E-state index in [-0.39, 0.29) is 18.2 Å². The van der Waals surface area contributed by atoms with Crippen molar-refractivity contribution in [1.82, 2.24) is 4.98 Å². The van der Waals surface area contributed by atoms with Crippen molar-refractivity contribution < 1.29 is 14.0 Å². The molecule has 132 valence electrons. The van der Waals surface area contributed by atoms with Gasteiger partial charge in [-0.3, -0.25) is 9.59 Å². The Balaban J connectivity index is 1.51. The molecule has 0 bridgehead atoms. The fourth-order valence-electron chi connectivity index (χ4n) is 3.14. The quantitative estimate of drug-likeness (QED) is 0.762. The molecule has 4 rings (SSSR count). The number of benzene rings is 2. The maximum Gasteiger partial charge on any atom is 0.229 e. The van der Waals surface area contributed by atoms with Gasteiger partial charge in [0.25, 0.3) is 0 Å². The summed E-state index contributed by atoms with van der Waals surface area (Å²) in [5, 5.41) is 3.37. The van der Waals surface area contributed by atoms with Gasteiger partial charge in [-0.05, 0) is 36.4 Å². The number of halogens is 1. The second kappa shape index (κ2) is 6.46. The van der Waals surface area contributed by atoms with Gasteiger partial charge in [0.1, 0.15) is 5.52 Å². The van der Waals surface area contributed by atoms with Gasteiger partial charge >= 0.3 is 0 Å². The van der Waals surface area contributed by atoms with Crippen LogP contribution in [-0.4, -0.2) is 23.3 Å². The summed E-state index contributed by atoms with van der Waals surface area (Å²) in [5.41, 5.74) is 2.70. The number of oxazole rings is 1. The van der Waals surface area contributed by atoms with Crippen molar-refractivity contribution in [3.63, 3.8) is 0 Å². The van der Waals surface area contributed by atoms with E-state index in [1.807, 2.05) is 6.07 Å². The molecule has 1 N–H and O–H groups in total. The van der Waals surface area contributed by atoms with Gasteiger partial charge in [-0.15, -0.1) is 0 Å². The Kier molecular flexibility index (Phi) is 4.12. The molecule has 2 amide bonds. The Morgan fingerprint density at radius 3 is 2.96 bits per heavy atom. The second-order valence-electron chi connectivity index (χ2n) is 6.29. The number of fused-ring (bicyclic) bond motifs is 1. The monoisotopic (exact) mass is 369 g/mol. The van der Waals surface area contributed by atoms with Gasteiger partial charge in [-0.25, -0.2) is 4.98 Å². The molecular weight excluding hydrogens is 354 g/mol. The molecule has 26 heavy (non-hydrogen) atoms. The standard InChI is InChI=1S/C19H16ClN3O3/c1-11-21-16-9-15(5-6-17(16)26-11)23-10-12(7-18(23)24)19(25)22-14-4-2-3-13(20)8-14/h2-6,8-9,12H,7,10H2,1H3,(H,22,25). The van der Waals surface area contributed by atoms with E-state index in [1.165, 1.54) is 0 Å². The highest BCUT2D eigenvalue weighted by atomic mass is 35.5. The van der Waals surface area contributed by atoms with E-state index in [2.05, 4.69) is 10.3 Å². The highest BCUT2D eigenvalue weighted by Crippen LogP contribution is 2.29. The third-order valence-corrected chi connectivity index (χ3v) is 4.61. The van der Waals surface area contributed by atoms with Gasteiger partial charge < -0.3 is 14.6 Å². The van der Waals surface area contributed by atoms with Crippen molar-refractivity contribution >= 4 is 45.9 Å². The molecule has 1 unspecified atom stereocenters. The number of nitrogens with one attached hydrogen (secondary N) is 1. The summed E-state index contributed by atoms with van der Waals surface area (Å²) < 4.78 is 5.46. The second-order valence-corrected chi connectivity index (χ2v) is 6.73. The zero-order chi connectivity index (χ0) is 18.3. The highest BCUT2D eigenvalue weighted by molar-refractivity contribution is 6.30. The highest BCUT2D eigenvalue weighted by Gasteiger charge is 2.35. The molecule has 1 aromatic heterocycles. The van der Waals surface area contributed by atoms with Gasteiger partial charge in [0.05, 0.1) is 5.92 Å². The molecule has 0 spiro atoms. The number of rotatable bonds is 3. The summed E-state index contributed by atoms with van der Waals surface area (Å²) in [7, 11) is 0. The van der Waals surface area contributed by atoms with Crippen molar-refractivity contribution in [3.8, 4) is 0 Å². The summed E-state index contributed by atoms with van der Waals surface area (Å²) in [6.07, 6.45) is 0.169. The Bertz CT molecular complexity index is 1010. The minimum absolute atomic E-state index is 0.0872. The van der Waals surface area contributed by atoms with Gasteiger partial charge in [-0.2, -0.15) is 0 Å². The molecule has 7 heteroatoms. The number of carbonyl (C=O) groups is 2. The third-order valence-electron chi connectivity index (χ3n) is 4.38. The summed E-state index contributed by atoms with van der Waals surface area (Å²) >= 11 is 5.94. The first-order chi connectivity index (χ1) is 12.5. The number of hydrogen-bond acceptors (Lipinski definition) is 4. The van der Waals surface area contributed by atoms with Crippen LogP contribution in [0, 0.1) is 12.8 Å². The van der Waals surface area contributed by atoms with Crippen LogP contribution in [0.15, 0.2) is 46.9 Å². The first-order valence-corrected chi connectivity index (χ1v) is 8.61. The third kappa shape index (κ3) is 3.15. The molecule has 1 fully saturated rings. The van der Waals surface area contributed by atoms with Crippen molar-refractivity contribution in [2.24, 2.45) is 5.92 Å². The summed E-state index contributed by atoms with van der Waals surface area (Å²) in [6.45, 7) is 2.10. The lowest BCUT2D eigenvalue weighted by Crippen LogP contribution is -2.28. The lowest BCUT2D eigenvalue weighted by Gasteiger charge is -2.16. The van der Waals surface area contributed by atoms with Crippen molar-refractivity contribution in [1.29, 1.82) is 0 Å². The van der Waals surface area contributed by atoms with Crippen molar-refractivity contribution in [2.45, 2.75) is 13.3 Å². The molecular formula is C19H16ClN3O3. The topological polar surface area (TPSA) is 75.4 Å². The van der Waals surface area contributed by atoms with E-state index >= 15 is 0 Å². The molecule has 0 radical (unpaired) electrons. The number of anilines is 2. The van der Waals surface area contributed by atoms with Gasteiger partial charge in [0.15, 0.2) is 11.5 Å². The number of hydrogen-bond donors (Lipinski definition) is 1. The molecule has 0 saturated carbocycles. The smallest absolute Gasteiger partial charge is 0.229 e. The largest absolute Gasteiger partial charge is 0.441 e. The number of amides is 2. The predicted octanol–water partition coefficient (Wildman–Crippen LogP) is 3.78. The van der Waals surface area contributed by atoms with Crippen LogP contribution in [0.1, 0.15) is 12.3 Å². The van der Waals surface area contributed by atoms with Crippen LogP contribution in [0.5, 0.6) is 0 Å². The molecule has 2 heterocycles. The maximum atomic E-state index is 12.5. The fraction of sp³-hybridized carbons (Fsp3) is 0.211. The molecule has 0 aliphatic carbocycles. The average molecular weight is 370 g/mol. The van der Waals surface area contributed by atoms with Crippen LogP contribution in [0.3, 0.4) is 0 Å². The van der Waals surface area contributed by atoms with Crippen LogP contribution in [0.25, 0.3) is 11.1 Å². The van der Waals surface area contributed by atoms with E-state index in [0.717, 1.165) is 0 Å². The van der Waals surface area contributed by atoms with Crippen LogP contribution in [0.4, 0.5) is 11.4 Å². The molecule has 1 aliphatic heterocycles. The number of aromatic nitrogens is 1. The van der Waals surface area contributed by atoms with Gasteiger partial charge in [0, 0.05) is 36.3 Å². The SMILES string of the molecule is Cc1nc2cc(N3CC(C(=O)Nc4cccc(Cl)c4)CC3=O)ccc2o1. The Morgan fingerprint density at radius 2 is 2.15 bits per heavy atom. The molecule has 2 aromatic carbocycles. The Labute approximate surface area is 154 Å². The average Bonchev–Trinajstić information content (AvgIpc) is 3.16. The molecule has 6 nitrogen and oxygen atoms in total. The van der Waals surface area contributed by atoms with E-state index < -0.39 is 5.92 Å². The molecule has 3 aromatic rings. The summed E-state index contributed by atoms with van der Waals surface area (Å²) in [4.78, 5) is 30.8. The predicted molar refractivity (Wildman–Crippen MR) is 99.3 cm³/mol. The van der Waals surface area contributed by atoms with E-state index in [1.54, 1.807) is 48.2 Å². The van der Waals surface area contributed by atoms with Crippen LogP contribution < -0.4 is 10.2 Å². The number of aryl methyl sites for hydroxylation is 1. The Hall–Kier alpha value is -2.86. The summed E-state index contributed by atoms with van der Waals surface area (Å²) in [5.74, 6) is -0.128. The zero-order valence-corrected chi connectivity index (χ0v) is 14.8. The fourth-order valence-corrected chi connectivity index (χ4v) is 3.33. The maximum absolute atomic E-state index is 12.5.